The van der Waals surface area contributed by atoms with E-state index in [1.807, 2.05) is 49.4 Å². The number of benzene rings is 3. The van der Waals surface area contributed by atoms with Gasteiger partial charge in [-0.25, -0.2) is 4.90 Å². The molecule has 1 aromatic heterocycles. The van der Waals surface area contributed by atoms with Crippen molar-refractivity contribution in [2.45, 2.75) is 42.3 Å². The number of hydrogen-bond acceptors (Lipinski definition) is 6. The van der Waals surface area contributed by atoms with Crippen LogP contribution < -0.4 is 14.5 Å². The van der Waals surface area contributed by atoms with E-state index < -0.39 is 41.1 Å². The molecule has 3 aromatic carbocycles. The number of anilines is 1. The Kier molecular flexibility index (Phi) is 6.58. The van der Waals surface area contributed by atoms with Gasteiger partial charge in [-0.2, -0.15) is 13.2 Å². The number of aromatic nitrogens is 1. The molecule has 4 aliphatic rings. The zero-order chi connectivity index (χ0) is 31.2. The zero-order valence-corrected chi connectivity index (χ0v) is 25.5. The highest BCUT2D eigenvalue weighted by Crippen LogP contribution is 2.68. The molecule has 2 aliphatic heterocycles. The average Bonchev–Trinajstić information content (AvgIpc) is 3.75. The SMILES string of the molecule is Cc1cccc(COc2ccc([C@H]3c4sc(=O)[nH]c4SC4C5CC(C6C(=O)N(c7ccccc7C(F)(F)F)C(=O)C56)C43)cc2)c1. The lowest BCUT2D eigenvalue weighted by Gasteiger charge is -2.43. The van der Waals surface area contributed by atoms with Crippen LogP contribution >= 0.6 is 23.1 Å². The number of alkyl halides is 3. The summed E-state index contributed by atoms with van der Waals surface area (Å²) in [6, 6.07) is 20.7. The maximum Gasteiger partial charge on any atom is 0.418 e. The number of nitrogens with one attached hydrogen (secondary N) is 1. The fraction of sp³-hybridized carbons (Fsp3) is 0.324. The highest BCUT2D eigenvalue weighted by Gasteiger charge is 2.70. The quantitative estimate of drug-likeness (QED) is 0.236. The molecule has 3 fully saturated rings. The average molecular weight is 649 g/mol. The lowest BCUT2D eigenvalue weighted by molar-refractivity contribution is -0.137. The smallest absolute Gasteiger partial charge is 0.418 e. The van der Waals surface area contributed by atoms with Crippen molar-refractivity contribution < 1.29 is 27.5 Å². The Morgan fingerprint density at radius 2 is 1.67 bits per heavy atom. The molecule has 3 heterocycles. The number of halogens is 3. The molecule has 0 radical (unpaired) electrons. The van der Waals surface area contributed by atoms with Crippen LogP contribution in [0.15, 0.2) is 82.6 Å². The Morgan fingerprint density at radius 1 is 0.933 bits per heavy atom. The largest absolute Gasteiger partial charge is 0.489 e. The van der Waals surface area contributed by atoms with Gasteiger partial charge in [-0.1, -0.05) is 65.4 Å². The summed E-state index contributed by atoms with van der Waals surface area (Å²) in [6.45, 7) is 2.45. The molecule has 8 rings (SSSR count). The second kappa shape index (κ2) is 10.3. The van der Waals surface area contributed by atoms with Gasteiger partial charge < -0.3 is 9.72 Å². The molecule has 230 valence electrons. The Bertz CT molecular complexity index is 1900. The van der Waals surface area contributed by atoms with Gasteiger partial charge in [0.25, 0.3) is 0 Å². The van der Waals surface area contributed by atoms with Gasteiger partial charge in [0.1, 0.15) is 12.4 Å². The number of amides is 2. The summed E-state index contributed by atoms with van der Waals surface area (Å²) in [6.07, 6.45) is -4.06. The van der Waals surface area contributed by atoms with Gasteiger partial charge in [0.15, 0.2) is 0 Å². The number of aryl methyl sites for hydroxylation is 1. The normalized spacial score (nSPS) is 28.3. The van der Waals surface area contributed by atoms with Crippen molar-refractivity contribution >= 4 is 40.6 Å². The van der Waals surface area contributed by atoms with E-state index in [-0.39, 0.29) is 33.8 Å². The standard InChI is InChI=1S/C34H27F3N2O4S2/c1-16-5-4-6-17(13-16)15-43-19-11-9-18(10-12-19)24-25-20-14-21(28(25)44-30-29(24)45-33(42)38-30)27-26(20)31(40)39(32(27)41)23-8-3-2-7-22(23)34(35,36)37/h2-13,20-21,24-28H,14-15H2,1H3,(H,38,42)/t20?,21?,24-,25?,26?,27?,28?/m1/s1. The predicted molar refractivity (Wildman–Crippen MR) is 164 cm³/mol. The Labute approximate surface area is 264 Å². The number of thiazole rings is 1. The lowest BCUT2D eigenvalue weighted by Crippen LogP contribution is -2.42. The van der Waals surface area contributed by atoms with Crippen molar-refractivity contribution in [3.8, 4) is 5.75 Å². The summed E-state index contributed by atoms with van der Waals surface area (Å²) in [4.78, 5) is 44.9. The van der Waals surface area contributed by atoms with Crippen molar-refractivity contribution in [1.82, 2.24) is 4.98 Å². The monoisotopic (exact) mass is 648 g/mol. The van der Waals surface area contributed by atoms with Gasteiger partial charge in [-0.15, -0.1) is 11.8 Å². The van der Waals surface area contributed by atoms with Crippen molar-refractivity contribution in [3.63, 3.8) is 0 Å². The fourth-order valence-corrected chi connectivity index (χ4v) is 11.2. The second-order valence-electron chi connectivity index (χ2n) is 12.3. The third-order valence-electron chi connectivity index (χ3n) is 9.90. The summed E-state index contributed by atoms with van der Waals surface area (Å²) in [5.41, 5.74) is 1.80. The van der Waals surface area contributed by atoms with E-state index in [1.165, 1.54) is 18.2 Å². The van der Waals surface area contributed by atoms with E-state index in [2.05, 4.69) is 11.1 Å². The summed E-state index contributed by atoms with van der Waals surface area (Å²) in [5, 5.41) is 0.710. The molecule has 6 unspecified atom stereocenters. The number of rotatable bonds is 5. The first-order valence-electron chi connectivity index (χ1n) is 14.8. The van der Waals surface area contributed by atoms with E-state index in [9.17, 15) is 27.6 Å². The zero-order valence-electron chi connectivity index (χ0n) is 23.9. The van der Waals surface area contributed by atoms with Gasteiger partial charge in [-0.05, 0) is 66.5 Å². The number of fused-ring (bicyclic) bond motifs is 9. The van der Waals surface area contributed by atoms with Crippen LogP contribution in [0.4, 0.5) is 18.9 Å². The summed E-state index contributed by atoms with van der Waals surface area (Å²) < 4.78 is 47.8. The number of imide groups is 1. The van der Waals surface area contributed by atoms with Crippen LogP contribution in [0.3, 0.4) is 0 Å². The third-order valence-corrected chi connectivity index (χ3v) is 12.5. The second-order valence-corrected chi connectivity index (χ2v) is 14.5. The molecule has 2 amide bonds. The van der Waals surface area contributed by atoms with E-state index >= 15 is 0 Å². The van der Waals surface area contributed by atoms with Crippen LogP contribution in [0.1, 0.15) is 39.5 Å². The first-order valence-corrected chi connectivity index (χ1v) is 16.5. The van der Waals surface area contributed by atoms with Crippen molar-refractivity contribution in [1.29, 1.82) is 0 Å². The van der Waals surface area contributed by atoms with Gasteiger partial charge in [-0.3, -0.25) is 14.4 Å². The van der Waals surface area contributed by atoms with Gasteiger partial charge in [0.05, 0.1) is 28.1 Å². The highest BCUT2D eigenvalue weighted by atomic mass is 32.2. The molecule has 2 saturated carbocycles. The Hall–Kier alpha value is -3.83. The maximum atomic E-state index is 13.9. The summed E-state index contributed by atoms with van der Waals surface area (Å²) in [5.74, 6) is -2.42. The van der Waals surface area contributed by atoms with Gasteiger partial charge in [0, 0.05) is 16.0 Å². The maximum absolute atomic E-state index is 13.9. The summed E-state index contributed by atoms with van der Waals surface area (Å²) in [7, 11) is 0. The number of carbonyl (C=O) groups excluding carboxylic acids is 2. The van der Waals surface area contributed by atoms with Crippen LogP contribution in [0.25, 0.3) is 0 Å². The number of para-hydroxylation sites is 1. The molecule has 7 atom stereocenters. The van der Waals surface area contributed by atoms with Crippen LogP contribution in [0, 0.1) is 36.5 Å². The van der Waals surface area contributed by atoms with Gasteiger partial charge >= 0.3 is 11.0 Å². The molecule has 2 aliphatic carbocycles. The Morgan fingerprint density at radius 3 is 2.40 bits per heavy atom. The molecule has 0 spiro atoms. The number of H-pyrrole nitrogens is 1. The first-order chi connectivity index (χ1) is 21.6. The molecule has 2 bridgehead atoms. The van der Waals surface area contributed by atoms with Crippen LogP contribution in [-0.2, 0) is 22.4 Å². The number of aromatic amines is 1. The van der Waals surface area contributed by atoms with Crippen LogP contribution in [-0.4, -0.2) is 22.0 Å². The van der Waals surface area contributed by atoms with Crippen molar-refractivity contribution in [2.24, 2.45) is 29.6 Å². The van der Waals surface area contributed by atoms with Crippen molar-refractivity contribution in [2.75, 3.05) is 4.90 Å². The molecule has 11 heteroatoms. The molecule has 4 aromatic rings. The van der Waals surface area contributed by atoms with E-state index in [4.69, 9.17) is 4.74 Å². The minimum absolute atomic E-state index is 0.0613. The Balaban J connectivity index is 1.12. The van der Waals surface area contributed by atoms with Gasteiger partial charge in [0.2, 0.25) is 11.8 Å². The minimum Gasteiger partial charge on any atom is -0.489 e. The highest BCUT2D eigenvalue weighted by molar-refractivity contribution is 8.00. The third kappa shape index (κ3) is 4.49. The van der Waals surface area contributed by atoms with E-state index in [0.717, 1.165) is 48.9 Å². The number of hydrogen-bond donors (Lipinski definition) is 1. The molecule has 1 saturated heterocycles. The molecular weight excluding hydrogens is 622 g/mol. The minimum atomic E-state index is -4.71. The number of thioether (sulfide) groups is 1. The predicted octanol–water partition coefficient (Wildman–Crippen LogP) is 7.02. The topological polar surface area (TPSA) is 79.5 Å². The molecular formula is C34H27F3N2O4S2. The number of nitrogens with zero attached hydrogens (tertiary/aromatic N) is 1. The number of ether oxygens (including phenoxy) is 1. The van der Waals surface area contributed by atoms with Crippen LogP contribution in [0.2, 0.25) is 0 Å². The fourth-order valence-electron chi connectivity index (χ4n) is 8.28. The molecule has 6 nitrogen and oxygen atoms in total. The van der Waals surface area contributed by atoms with E-state index in [1.54, 1.807) is 11.8 Å². The molecule has 45 heavy (non-hydrogen) atoms. The van der Waals surface area contributed by atoms with Crippen molar-refractivity contribution in [3.05, 3.63) is 110 Å². The summed E-state index contributed by atoms with van der Waals surface area (Å²) >= 11 is 2.71. The first kappa shape index (κ1) is 28.6. The lowest BCUT2D eigenvalue weighted by atomic mass is 9.68. The van der Waals surface area contributed by atoms with E-state index in [0.29, 0.717) is 18.8 Å². The molecule has 1 N–H and O–H groups in total. The number of carbonyl (C=O) groups is 2. The van der Waals surface area contributed by atoms with Crippen LogP contribution in [0.5, 0.6) is 5.75 Å².